The van der Waals surface area contributed by atoms with Crippen molar-refractivity contribution < 1.29 is 8.83 Å². The first-order chi connectivity index (χ1) is 25.3. The summed E-state index contributed by atoms with van der Waals surface area (Å²) in [7, 11) is 0. The molecule has 0 N–H and O–H groups in total. The Morgan fingerprint density at radius 2 is 1.06 bits per heavy atom. The number of benzene rings is 8. The second-order valence-corrected chi connectivity index (χ2v) is 12.8. The highest BCUT2D eigenvalue weighted by Gasteiger charge is 2.20. The lowest BCUT2D eigenvalue weighted by Crippen LogP contribution is -2.10. The zero-order valence-electron chi connectivity index (χ0n) is 27.5. The fourth-order valence-corrected chi connectivity index (χ4v) is 7.18. The van der Waals surface area contributed by atoms with Crippen molar-refractivity contribution >= 4 is 60.9 Å². The average molecular weight is 655 g/mol. The third kappa shape index (κ3) is 5.04. The number of hydrogen-bond donors (Lipinski definition) is 0. The van der Waals surface area contributed by atoms with Crippen molar-refractivity contribution in [3.63, 3.8) is 0 Å². The van der Waals surface area contributed by atoms with Gasteiger partial charge in [0.15, 0.2) is 11.2 Å². The summed E-state index contributed by atoms with van der Waals surface area (Å²) in [5, 5.41) is 4.54. The second-order valence-electron chi connectivity index (χ2n) is 12.8. The number of aromatic nitrogens is 1. The molecule has 0 aliphatic heterocycles. The Labute approximate surface area is 294 Å². The Morgan fingerprint density at radius 1 is 0.412 bits per heavy atom. The average Bonchev–Trinajstić information content (AvgIpc) is 3.82. The molecule has 0 atom stereocenters. The molecule has 0 saturated heterocycles. The van der Waals surface area contributed by atoms with Gasteiger partial charge in [0.1, 0.15) is 11.1 Å². The van der Waals surface area contributed by atoms with Crippen molar-refractivity contribution in [2.45, 2.75) is 0 Å². The number of hydrogen-bond acceptors (Lipinski definition) is 4. The number of rotatable bonds is 6. The van der Waals surface area contributed by atoms with E-state index in [1.165, 1.54) is 16.5 Å². The molecule has 8 aromatic carbocycles. The number of anilines is 3. The molecule has 0 saturated carbocycles. The summed E-state index contributed by atoms with van der Waals surface area (Å²) in [6, 6.07) is 63.3. The Morgan fingerprint density at radius 3 is 1.88 bits per heavy atom. The molecular weight excluding hydrogens is 625 g/mol. The first-order valence-electron chi connectivity index (χ1n) is 17.1. The summed E-state index contributed by atoms with van der Waals surface area (Å²) in [6.07, 6.45) is 0. The molecule has 2 aromatic heterocycles. The maximum atomic E-state index is 6.54. The van der Waals surface area contributed by atoms with E-state index in [0.717, 1.165) is 72.2 Å². The monoisotopic (exact) mass is 654 g/mol. The molecule has 0 amide bonds. The van der Waals surface area contributed by atoms with Crippen molar-refractivity contribution in [2.75, 3.05) is 4.90 Å². The fraction of sp³-hybridized carbons (Fsp3) is 0. The highest BCUT2D eigenvalue weighted by Crippen LogP contribution is 2.43. The van der Waals surface area contributed by atoms with Crippen molar-refractivity contribution in [3.8, 4) is 33.7 Å². The molecule has 240 valence electrons. The molecule has 4 heteroatoms. The highest BCUT2D eigenvalue weighted by atomic mass is 16.3. The topological polar surface area (TPSA) is 42.4 Å². The minimum atomic E-state index is 0.615. The third-order valence-corrected chi connectivity index (χ3v) is 9.70. The van der Waals surface area contributed by atoms with E-state index in [4.69, 9.17) is 13.8 Å². The van der Waals surface area contributed by atoms with Crippen LogP contribution in [0, 0.1) is 0 Å². The predicted molar refractivity (Wildman–Crippen MR) is 210 cm³/mol. The number of oxazole rings is 1. The molecular formula is C47H30N2O2. The van der Waals surface area contributed by atoms with Gasteiger partial charge < -0.3 is 13.7 Å². The van der Waals surface area contributed by atoms with Crippen molar-refractivity contribution in [2.24, 2.45) is 0 Å². The summed E-state index contributed by atoms with van der Waals surface area (Å²) in [6.45, 7) is 0. The van der Waals surface area contributed by atoms with E-state index >= 15 is 0 Å². The van der Waals surface area contributed by atoms with E-state index in [1.807, 2.05) is 30.3 Å². The normalized spacial score (nSPS) is 11.5. The van der Waals surface area contributed by atoms with Crippen LogP contribution in [-0.2, 0) is 0 Å². The molecule has 0 bridgehead atoms. The minimum Gasteiger partial charge on any atom is -0.454 e. The predicted octanol–water partition coefficient (Wildman–Crippen LogP) is 13.4. The lowest BCUT2D eigenvalue weighted by molar-refractivity contribution is 0.621. The van der Waals surface area contributed by atoms with Crippen LogP contribution in [0.5, 0.6) is 0 Å². The quantitative estimate of drug-likeness (QED) is 0.179. The van der Waals surface area contributed by atoms with Crippen LogP contribution >= 0.6 is 0 Å². The van der Waals surface area contributed by atoms with Crippen LogP contribution in [-0.4, -0.2) is 4.98 Å². The lowest BCUT2D eigenvalue weighted by Gasteiger charge is -2.26. The number of nitrogens with zero attached hydrogens (tertiary/aromatic N) is 2. The summed E-state index contributed by atoms with van der Waals surface area (Å²) in [5.74, 6) is 0.615. The van der Waals surface area contributed by atoms with E-state index < -0.39 is 0 Å². The van der Waals surface area contributed by atoms with E-state index in [-0.39, 0.29) is 0 Å². The summed E-state index contributed by atoms with van der Waals surface area (Å²) >= 11 is 0. The summed E-state index contributed by atoms with van der Waals surface area (Å²) in [4.78, 5) is 7.17. The van der Waals surface area contributed by atoms with Gasteiger partial charge in [-0.3, -0.25) is 0 Å². The Hall–Kier alpha value is -6.91. The van der Waals surface area contributed by atoms with Gasteiger partial charge >= 0.3 is 0 Å². The van der Waals surface area contributed by atoms with E-state index in [9.17, 15) is 0 Å². The zero-order valence-corrected chi connectivity index (χ0v) is 27.5. The lowest BCUT2D eigenvalue weighted by atomic mass is 10.0. The Balaban J connectivity index is 1.07. The molecule has 51 heavy (non-hydrogen) atoms. The standard InChI is InChI=1S/C47H30N2O2/c1-2-10-31(11-3-1)33-22-26-37(27-23-33)49(43-18-9-16-41-40-14-6-7-19-44(40)50-46(41)43)38-28-24-34(25-29-38)39-15-8-17-42-45(39)51-47(48-42)36-21-20-32-12-4-5-13-35(32)30-36/h1-30H. The zero-order chi connectivity index (χ0) is 33.7. The molecule has 10 aromatic rings. The van der Waals surface area contributed by atoms with E-state index in [2.05, 4.69) is 157 Å². The Kier molecular flexibility index (Phi) is 6.78. The fourth-order valence-electron chi connectivity index (χ4n) is 7.18. The SMILES string of the molecule is c1ccc(-c2ccc(N(c3ccc(-c4cccc5nc(-c6ccc7ccccc7c6)oc45)cc3)c3cccc4c3oc3ccccc34)cc2)cc1. The maximum absolute atomic E-state index is 6.54. The van der Waals surface area contributed by atoms with Crippen LogP contribution in [0.15, 0.2) is 191 Å². The number of fused-ring (bicyclic) bond motifs is 5. The van der Waals surface area contributed by atoms with Gasteiger partial charge in [-0.1, -0.05) is 127 Å². The van der Waals surface area contributed by atoms with Crippen LogP contribution < -0.4 is 4.90 Å². The second kappa shape index (κ2) is 11.9. The molecule has 4 nitrogen and oxygen atoms in total. The maximum Gasteiger partial charge on any atom is 0.227 e. The van der Waals surface area contributed by atoms with Crippen LogP contribution in [0.1, 0.15) is 0 Å². The first-order valence-corrected chi connectivity index (χ1v) is 17.1. The van der Waals surface area contributed by atoms with Gasteiger partial charge in [0.05, 0.1) is 5.69 Å². The van der Waals surface area contributed by atoms with Gasteiger partial charge in [0.25, 0.3) is 0 Å². The molecule has 0 unspecified atom stereocenters. The smallest absolute Gasteiger partial charge is 0.227 e. The molecule has 0 fully saturated rings. The van der Waals surface area contributed by atoms with Gasteiger partial charge in [-0.05, 0) is 82.1 Å². The van der Waals surface area contributed by atoms with Crippen LogP contribution in [0.4, 0.5) is 17.1 Å². The molecule has 0 aliphatic rings. The van der Waals surface area contributed by atoms with Crippen LogP contribution in [0.25, 0.3) is 77.5 Å². The van der Waals surface area contributed by atoms with E-state index in [1.54, 1.807) is 0 Å². The van der Waals surface area contributed by atoms with Gasteiger partial charge in [-0.25, -0.2) is 4.98 Å². The van der Waals surface area contributed by atoms with Crippen molar-refractivity contribution in [1.29, 1.82) is 0 Å². The van der Waals surface area contributed by atoms with Crippen LogP contribution in [0.3, 0.4) is 0 Å². The van der Waals surface area contributed by atoms with Crippen molar-refractivity contribution in [3.05, 3.63) is 182 Å². The molecule has 0 aliphatic carbocycles. The Bertz CT molecular complexity index is 2850. The van der Waals surface area contributed by atoms with Gasteiger partial charge in [-0.15, -0.1) is 0 Å². The van der Waals surface area contributed by atoms with E-state index in [0.29, 0.717) is 5.89 Å². The number of furan rings is 1. The van der Waals surface area contributed by atoms with Crippen molar-refractivity contribution in [1.82, 2.24) is 4.98 Å². The highest BCUT2D eigenvalue weighted by molar-refractivity contribution is 6.10. The van der Waals surface area contributed by atoms with Gasteiger partial charge in [-0.2, -0.15) is 0 Å². The summed E-state index contributed by atoms with van der Waals surface area (Å²) < 4.78 is 13.0. The molecule has 10 rings (SSSR count). The first kappa shape index (κ1) is 29.0. The third-order valence-electron chi connectivity index (χ3n) is 9.70. The largest absolute Gasteiger partial charge is 0.454 e. The summed E-state index contributed by atoms with van der Waals surface area (Å²) in [5.41, 5.74) is 11.7. The van der Waals surface area contributed by atoms with Gasteiger partial charge in [0, 0.05) is 33.3 Å². The molecule has 2 heterocycles. The van der Waals surface area contributed by atoms with Gasteiger partial charge in [0.2, 0.25) is 5.89 Å². The van der Waals surface area contributed by atoms with Crippen LogP contribution in [0.2, 0.25) is 0 Å². The minimum absolute atomic E-state index is 0.615. The molecule has 0 radical (unpaired) electrons. The molecule has 0 spiro atoms. The number of para-hydroxylation sites is 3.